The summed E-state index contributed by atoms with van der Waals surface area (Å²) in [6.07, 6.45) is 1.11. The second-order valence-corrected chi connectivity index (χ2v) is 5.73. The fourth-order valence-corrected chi connectivity index (χ4v) is 2.26. The predicted molar refractivity (Wildman–Crippen MR) is 78.2 cm³/mol. The highest BCUT2D eigenvalue weighted by Crippen LogP contribution is 2.33. The Morgan fingerprint density at radius 3 is 2.24 bits per heavy atom. The Morgan fingerprint density at radius 1 is 1.18 bits per heavy atom. The summed E-state index contributed by atoms with van der Waals surface area (Å²) in [6, 6.07) is 3.95. The van der Waals surface area contributed by atoms with Crippen LogP contribution in [0.2, 0.25) is 10.0 Å². The van der Waals surface area contributed by atoms with Gasteiger partial charge in [0, 0.05) is 13.1 Å². The second kappa shape index (κ2) is 5.83. The van der Waals surface area contributed by atoms with Crippen molar-refractivity contribution in [3.63, 3.8) is 0 Å². The zero-order chi connectivity index (χ0) is 13.2. The van der Waals surface area contributed by atoms with Crippen molar-refractivity contribution in [1.29, 1.82) is 0 Å². The molecule has 0 fully saturated rings. The summed E-state index contributed by atoms with van der Waals surface area (Å²) in [5.41, 5.74) is 7.58. The maximum absolute atomic E-state index is 6.03. The number of nitrogens with two attached hydrogens (primary N) is 1. The van der Waals surface area contributed by atoms with Gasteiger partial charge in [0.1, 0.15) is 0 Å². The molecule has 2 nitrogen and oxygen atoms in total. The third-order valence-electron chi connectivity index (χ3n) is 2.92. The molecule has 1 unspecified atom stereocenters. The minimum Gasteiger partial charge on any atom is -0.397 e. The zero-order valence-electron chi connectivity index (χ0n) is 10.8. The van der Waals surface area contributed by atoms with Crippen molar-refractivity contribution < 1.29 is 0 Å². The highest BCUT2D eigenvalue weighted by molar-refractivity contribution is 6.42. The molecule has 0 saturated carbocycles. The largest absolute Gasteiger partial charge is 0.397 e. The van der Waals surface area contributed by atoms with Crippen molar-refractivity contribution in [3.8, 4) is 0 Å². The van der Waals surface area contributed by atoms with Gasteiger partial charge in [0.25, 0.3) is 0 Å². The second-order valence-electron chi connectivity index (χ2n) is 4.91. The van der Waals surface area contributed by atoms with Crippen LogP contribution in [0, 0.1) is 5.92 Å². The summed E-state index contributed by atoms with van der Waals surface area (Å²) < 4.78 is 0. The van der Waals surface area contributed by atoms with Gasteiger partial charge in [-0.15, -0.1) is 0 Å². The standard InChI is InChI=1S/C13H20Cl2N2/c1-8(2)5-9(3)17(4)13-7-11(15)10(14)6-12(13)16/h6-9H,5,16H2,1-4H3. The molecule has 4 heteroatoms. The average molecular weight is 275 g/mol. The van der Waals surface area contributed by atoms with E-state index in [1.54, 1.807) is 6.07 Å². The van der Waals surface area contributed by atoms with Gasteiger partial charge in [0.15, 0.2) is 0 Å². The van der Waals surface area contributed by atoms with Crippen LogP contribution in [0.5, 0.6) is 0 Å². The van der Waals surface area contributed by atoms with E-state index in [9.17, 15) is 0 Å². The lowest BCUT2D eigenvalue weighted by Gasteiger charge is -2.29. The molecule has 0 spiro atoms. The third-order valence-corrected chi connectivity index (χ3v) is 3.65. The Hall–Kier alpha value is -0.600. The van der Waals surface area contributed by atoms with Gasteiger partial charge in [0.2, 0.25) is 0 Å². The van der Waals surface area contributed by atoms with Gasteiger partial charge in [-0.2, -0.15) is 0 Å². The van der Waals surface area contributed by atoms with Crippen molar-refractivity contribution >= 4 is 34.6 Å². The van der Waals surface area contributed by atoms with Crippen LogP contribution in [0.3, 0.4) is 0 Å². The molecule has 96 valence electrons. The molecule has 0 radical (unpaired) electrons. The van der Waals surface area contributed by atoms with Gasteiger partial charge in [-0.3, -0.25) is 0 Å². The highest BCUT2D eigenvalue weighted by atomic mass is 35.5. The quantitative estimate of drug-likeness (QED) is 0.823. The third kappa shape index (κ3) is 3.68. The smallest absolute Gasteiger partial charge is 0.0615 e. The minimum absolute atomic E-state index is 0.412. The summed E-state index contributed by atoms with van der Waals surface area (Å²) in [5, 5.41) is 1.04. The molecule has 1 rings (SSSR count). The Morgan fingerprint density at radius 2 is 1.71 bits per heavy atom. The van der Waals surface area contributed by atoms with E-state index < -0.39 is 0 Å². The van der Waals surface area contributed by atoms with Crippen LogP contribution in [-0.2, 0) is 0 Å². The van der Waals surface area contributed by atoms with E-state index in [1.165, 1.54) is 0 Å². The fraction of sp³-hybridized carbons (Fsp3) is 0.538. The molecule has 0 heterocycles. The monoisotopic (exact) mass is 274 g/mol. The van der Waals surface area contributed by atoms with Gasteiger partial charge < -0.3 is 10.6 Å². The lowest BCUT2D eigenvalue weighted by atomic mass is 10.0. The first-order valence-electron chi connectivity index (χ1n) is 5.80. The summed E-state index contributed by atoms with van der Waals surface area (Å²) in [7, 11) is 2.03. The molecular weight excluding hydrogens is 255 g/mol. The van der Waals surface area contributed by atoms with Crippen LogP contribution in [0.15, 0.2) is 12.1 Å². The number of hydrogen-bond donors (Lipinski definition) is 1. The first-order chi connectivity index (χ1) is 7.82. The Labute approximate surface area is 114 Å². The normalized spacial score (nSPS) is 12.9. The maximum atomic E-state index is 6.03. The van der Waals surface area contributed by atoms with Crippen LogP contribution in [0.1, 0.15) is 27.2 Å². The Balaban J connectivity index is 2.95. The molecule has 0 bridgehead atoms. The SMILES string of the molecule is CC(C)CC(C)N(C)c1cc(Cl)c(Cl)cc1N. The molecule has 0 aliphatic carbocycles. The van der Waals surface area contributed by atoms with Crippen LogP contribution in [0.25, 0.3) is 0 Å². The molecule has 0 amide bonds. The van der Waals surface area contributed by atoms with Gasteiger partial charge >= 0.3 is 0 Å². The topological polar surface area (TPSA) is 29.3 Å². The van der Waals surface area contributed by atoms with Gasteiger partial charge in [-0.25, -0.2) is 0 Å². The first kappa shape index (κ1) is 14.5. The molecule has 1 aromatic rings. The molecule has 0 aliphatic heterocycles. The molecule has 0 saturated heterocycles. The molecule has 1 aromatic carbocycles. The van der Waals surface area contributed by atoms with Crippen molar-refractivity contribution in [2.75, 3.05) is 17.7 Å². The van der Waals surface area contributed by atoms with E-state index >= 15 is 0 Å². The molecule has 0 aromatic heterocycles. The first-order valence-corrected chi connectivity index (χ1v) is 6.55. The summed E-state index contributed by atoms with van der Waals surface area (Å²) in [4.78, 5) is 2.15. The van der Waals surface area contributed by atoms with Crippen LogP contribution < -0.4 is 10.6 Å². The van der Waals surface area contributed by atoms with Crippen molar-refractivity contribution in [1.82, 2.24) is 0 Å². The molecular formula is C13H20Cl2N2. The number of nitrogen functional groups attached to an aromatic ring is 1. The fourth-order valence-electron chi connectivity index (χ4n) is 1.93. The lowest BCUT2D eigenvalue weighted by Crippen LogP contribution is -2.30. The van der Waals surface area contributed by atoms with E-state index in [4.69, 9.17) is 28.9 Å². The van der Waals surface area contributed by atoms with E-state index in [0.717, 1.165) is 12.1 Å². The van der Waals surface area contributed by atoms with Gasteiger partial charge in [0.05, 0.1) is 21.4 Å². The number of anilines is 2. The van der Waals surface area contributed by atoms with Crippen LogP contribution >= 0.6 is 23.2 Å². The predicted octanol–water partition coefficient (Wildman–Crippen LogP) is 4.45. The average Bonchev–Trinajstić information content (AvgIpc) is 2.21. The molecule has 2 N–H and O–H groups in total. The number of nitrogens with zero attached hydrogens (tertiary/aromatic N) is 1. The van der Waals surface area contributed by atoms with Gasteiger partial charge in [-0.05, 0) is 31.4 Å². The number of hydrogen-bond acceptors (Lipinski definition) is 2. The molecule has 1 atom stereocenters. The van der Waals surface area contributed by atoms with Crippen LogP contribution in [-0.4, -0.2) is 13.1 Å². The number of rotatable bonds is 4. The summed E-state index contributed by atoms with van der Waals surface area (Å²) in [6.45, 7) is 6.60. The van der Waals surface area contributed by atoms with Crippen molar-refractivity contribution in [2.45, 2.75) is 33.2 Å². The van der Waals surface area contributed by atoms with Gasteiger partial charge in [-0.1, -0.05) is 37.0 Å². The van der Waals surface area contributed by atoms with E-state index in [-0.39, 0.29) is 0 Å². The van der Waals surface area contributed by atoms with E-state index in [2.05, 4.69) is 25.7 Å². The molecule has 0 aliphatic rings. The highest BCUT2D eigenvalue weighted by Gasteiger charge is 2.15. The maximum Gasteiger partial charge on any atom is 0.0615 e. The number of benzene rings is 1. The lowest BCUT2D eigenvalue weighted by molar-refractivity contribution is 0.504. The Bertz CT molecular complexity index is 391. The number of halogens is 2. The van der Waals surface area contributed by atoms with E-state index in [1.807, 2.05) is 13.1 Å². The summed E-state index contributed by atoms with van der Waals surface area (Å²) in [5.74, 6) is 0.649. The van der Waals surface area contributed by atoms with Crippen molar-refractivity contribution in [3.05, 3.63) is 22.2 Å². The molecule has 17 heavy (non-hydrogen) atoms. The van der Waals surface area contributed by atoms with Crippen molar-refractivity contribution in [2.24, 2.45) is 5.92 Å². The zero-order valence-corrected chi connectivity index (χ0v) is 12.3. The summed E-state index contributed by atoms with van der Waals surface area (Å²) >= 11 is 12.0. The Kier molecular flexibility index (Phi) is 4.96. The van der Waals surface area contributed by atoms with Crippen LogP contribution in [0.4, 0.5) is 11.4 Å². The van der Waals surface area contributed by atoms with E-state index in [0.29, 0.717) is 27.7 Å². The minimum atomic E-state index is 0.412.